The molecule has 1 saturated heterocycles. The first-order valence-corrected chi connectivity index (χ1v) is 8.67. The molecule has 2 aliphatic rings. The van der Waals surface area contributed by atoms with E-state index in [4.69, 9.17) is 5.73 Å². The van der Waals surface area contributed by atoms with E-state index < -0.39 is 5.97 Å². The zero-order chi connectivity index (χ0) is 18.0. The van der Waals surface area contributed by atoms with Crippen LogP contribution in [0.1, 0.15) is 28.2 Å². The van der Waals surface area contributed by atoms with Gasteiger partial charge in [-0.1, -0.05) is 6.08 Å². The van der Waals surface area contributed by atoms with Gasteiger partial charge < -0.3 is 10.8 Å². The molecule has 3 rings (SSSR count). The Balaban J connectivity index is 1.70. The summed E-state index contributed by atoms with van der Waals surface area (Å²) in [5.41, 5.74) is 7.33. The summed E-state index contributed by atoms with van der Waals surface area (Å²) in [6, 6.07) is 0.322. The topological polar surface area (TPSA) is 105 Å². The molecule has 1 atom stereocenters. The summed E-state index contributed by atoms with van der Waals surface area (Å²) in [7, 11) is 0. The lowest BCUT2D eigenvalue weighted by Gasteiger charge is -2.40. The number of primary amides is 1. The number of nitrogens with zero attached hydrogens (tertiary/aromatic N) is 4. The van der Waals surface area contributed by atoms with Gasteiger partial charge in [0.15, 0.2) is 5.69 Å². The van der Waals surface area contributed by atoms with Gasteiger partial charge >= 0.3 is 5.97 Å². The van der Waals surface area contributed by atoms with E-state index in [0.29, 0.717) is 25.6 Å². The highest BCUT2D eigenvalue weighted by Crippen LogP contribution is 2.28. The fourth-order valence-electron chi connectivity index (χ4n) is 3.93. The number of carboxylic acid groups (broad SMARTS) is 1. The lowest BCUT2D eigenvalue weighted by atomic mass is 9.90. The van der Waals surface area contributed by atoms with Crippen molar-refractivity contribution in [1.29, 1.82) is 0 Å². The first kappa shape index (κ1) is 17.6. The number of carbonyl (C=O) groups excluding carboxylic acids is 1. The number of amides is 1. The monoisotopic (exact) mass is 347 g/mol. The maximum atomic E-state index is 11.6. The van der Waals surface area contributed by atoms with E-state index in [0.717, 1.165) is 50.3 Å². The van der Waals surface area contributed by atoms with Crippen molar-refractivity contribution in [2.45, 2.75) is 31.8 Å². The fraction of sp³-hybridized carbons (Fsp3) is 0.588. The molecular formula is C17H25N5O3. The van der Waals surface area contributed by atoms with Gasteiger partial charge in [-0.2, -0.15) is 5.10 Å². The van der Waals surface area contributed by atoms with Crippen LogP contribution in [-0.2, 0) is 24.2 Å². The van der Waals surface area contributed by atoms with Gasteiger partial charge in [0.1, 0.15) is 0 Å². The molecule has 0 spiro atoms. The molecule has 136 valence electrons. The van der Waals surface area contributed by atoms with E-state index in [2.05, 4.69) is 21.5 Å². The van der Waals surface area contributed by atoms with E-state index in [1.807, 2.05) is 0 Å². The number of piperazine rings is 1. The highest BCUT2D eigenvalue weighted by molar-refractivity contribution is 5.87. The molecule has 25 heavy (non-hydrogen) atoms. The molecule has 0 bridgehead atoms. The first-order chi connectivity index (χ1) is 12.0. The average molecular weight is 347 g/mol. The van der Waals surface area contributed by atoms with E-state index in [-0.39, 0.29) is 11.6 Å². The number of aromatic nitrogens is 2. The molecule has 1 aliphatic carbocycles. The number of hydrogen-bond donors (Lipinski definition) is 2. The van der Waals surface area contributed by atoms with Crippen molar-refractivity contribution >= 4 is 11.9 Å². The lowest BCUT2D eigenvalue weighted by molar-refractivity contribution is -0.119. The van der Waals surface area contributed by atoms with Gasteiger partial charge in [0.05, 0.1) is 13.1 Å². The van der Waals surface area contributed by atoms with Gasteiger partial charge in [-0.25, -0.2) is 4.79 Å². The van der Waals surface area contributed by atoms with Crippen molar-refractivity contribution in [3.8, 4) is 0 Å². The number of carboxylic acids is 1. The highest BCUT2D eigenvalue weighted by Gasteiger charge is 2.32. The highest BCUT2D eigenvalue weighted by atomic mass is 16.4. The number of aromatic carboxylic acids is 1. The summed E-state index contributed by atoms with van der Waals surface area (Å²) in [5, 5.41) is 13.7. The summed E-state index contributed by atoms with van der Waals surface area (Å²) in [5.74, 6) is -1.26. The molecule has 1 fully saturated rings. The Kier molecular flexibility index (Phi) is 5.19. The number of rotatable bonds is 6. The standard InChI is InChI=1S/C17H25N5O3/c1-2-5-22-14-4-3-12(10-13(14)16(19-22)17(24)25)21-8-6-20(7-9-21)11-15(18)23/h2,12H,1,3-11H2,(H2,18,23)(H,24,25)/t12-/m1/s1. The maximum absolute atomic E-state index is 11.6. The second-order valence-electron chi connectivity index (χ2n) is 6.72. The van der Waals surface area contributed by atoms with Crippen molar-refractivity contribution in [1.82, 2.24) is 19.6 Å². The zero-order valence-electron chi connectivity index (χ0n) is 14.4. The molecule has 8 nitrogen and oxygen atoms in total. The van der Waals surface area contributed by atoms with Crippen LogP contribution in [0.25, 0.3) is 0 Å². The molecule has 0 unspecified atom stereocenters. The van der Waals surface area contributed by atoms with Crippen LogP contribution in [0.3, 0.4) is 0 Å². The van der Waals surface area contributed by atoms with Crippen LogP contribution < -0.4 is 5.73 Å². The molecule has 0 saturated carbocycles. The largest absolute Gasteiger partial charge is 0.476 e. The van der Waals surface area contributed by atoms with Gasteiger partial charge in [-0.15, -0.1) is 6.58 Å². The van der Waals surface area contributed by atoms with Crippen LogP contribution in [0.5, 0.6) is 0 Å². The Morgan fingerprint density at radius 1 is 1.32 bits per heavy atom. The van der Waals surface area contributed by atoms with E-state index in [9.17, 15) is 14.7 Å². The quantitative estimate of drug-likeness (QED) is 0.686. The molecule has 2 heterocycles. The number of nitrogens with two attached hydrogens (primary N) is 1. The third kappa shape index (κ3) is 3.74. The van der Waals surface area contributed by atoms with Gasteiger partial charge in [0.2, 0.25) is 5.91 Å². The molecule has 1 aromatic heterocycles. The summed E-state index contributed by atoms with van der Waals surface area (Å²) in [6.07, 6.45) is 4.27. The number of allylic oxidation sites excluding steroid dienone is 1. The van der Waals surface area contributed by atoms with Crippen LogP contribution in [0, 0.1) is 0 Å². The summed E-state index contributed by atoms with van der Waals surface area (Å²) in [4.78, 5) is 27.1. The fourth-order valence-corrected chi connectivity index (χ4v) is 3.93. The maximum Gasteiger partial charge on any atom is 0.356 e. The van der Waals surface area contributed by atoms with E-state index >= 15 is 0 Å². The van der Waals surface area contributed by atoms with Crippen LogP contribution in [-0.4, -0.2) is 75.3 Å². The predicted octanol–water partition coefficient (Wildman–Crippen LogP) is -0.272. The van der Waals surface area contributed by atoms with Crippen LogP contribution >= 0.6 is 0 Å². The minimum Gasteiger partial charge on any atom is -0.476 e. The second kappa shape index (κ2) is 7.37. The minimum atomic E-state index is -0.967. The van der Waals surface area contributed by atoms with Crippen molar-refractivity contribution in [3.05, 3.63) is 29.6 Å². The first-order valence-electron chi connectivity index (χ1n) is 8.67. The third-order valence-corrected chi connectivity index (χ3v) is 5.13. The van der Waals surface area contributed by atoms with E-state index in [1.54, 1.807) is 10.8 Å². The van der Waals surface area contributed by atoms with Crippen molar-refractivity contribution < 1.29 is 14.7 Å². The zero-order valence-corrected chi connectivity index (χ0v) is 14.4. The Labute approximate surface area is 146 Å². The van der Waals surface area contributed by atoms with Crippen molar-refractivity contribution in [2.24, 2.45) is 5.73 Å². The Morgan fingerprint density at radius 2 is 2.04 bits per heavy atom. The Hall–Kier alpha value is -2.19. The van der Waals surface area contributed by atoms with E-state index in [1.165, 1.54) is 0 Å². The molecule has 8 heteroatoms. The van der Waals surface area contributed by atoms with Crippen LogP contribution in [0.15, 0.2) is 12.7 Å². The molecule has 1 aliphatic heterocycles. The van der Waals surface area contributed by atoms with Gasteiger partial charge in [0, 0.05) is 43.5 Å². The van der Waals surface area contributed by atoms with Crippen LogP contribution in [0.2, 0.25) is 0 Å². The Bertz CT molecular complexity index is 676. The molecular weight excluding hydrogens is 322 g/mol. The smallest absolute Gasteiger partial charge is 0.356 e. The predicted molar refractivity (Wildman–Crippen MR) is 92.4 cm³/mol. The number of hydrogen-bond acceptors (Lipinski definition) is 5. The molecule has 1 amide bonds. The second-order valence-corrected chi connectivity index (χ2v) is 6.72. The number of carbonyl (C=O) groups is 2. The normalized spacial score (nSPS) is 21.7. The Morgan fingerprint density at radius 3 is 2.64 bits per heavy atom. The van der Waals surface area contributed by atoms with Gasteiger partial charge in [-0.05, 0) is 19.3 Å². The summed E-state index contributed by atoms with van der Waals surface area (Å²) >= 11 is 0. The molecule has 0 radical (unpaired) electrons. The number of fused-ring (bicyclic) bond motifs is 1. The SMILES string of the molecule is C=CCn1nc(C(=O)O)c2c1CC[C@@H](N1CCN(CC(N)=O)CC1)C2. The molecule has 3 N–H and O–H groups in total. The van der Waals surface area contributed by atoms with Gasteiger partial charge in [0.25, 0.3) is 0 Å². The summed E-state index contributed by atoms with van der Waals surface area (Å²) < 4.78 is 1.77. The molecule has 0 aromatic carbocycles. The van der Waals surface area contributed by atoms with Crippen LogP contribution in [0.4, 0.5) is 0 Å². The van der Waals surface area contributed by atoms with Crippen molar-refractivity contribution in [3.63, 3.8) is 0 Å². The third-order valence-electron chi connectivity index (χ3n) is 5.13. The molecule has 1 aromatic rings. The summed E-state index contributed by atoms with van der Waals surface area (Å²) in [6.45, 7) is 7.93. The minimum absolute atomic E-state index is 0.175. The lowest BCUT2D eigenvalue weighted by Crippen LogP contribution is -2.53. The van der Waals surface area contributed by atoms with Crippen molar-refractivity contribution in [2.75, 3.05) is 32.7 Å². The van der Waals surface area contributed by atoms with Gasteiger partial charge in [-0.3, -0.25) is 19.3 Å². The average Bonchev–Trinajstić information content (AvgIpc) is 2.94.